The maximum absolute atomic E-state index is 12.1. The first-order chi connectivity index (χ1) is 9.10. The summed E-state index contributed by atoms with van der Waals surface area (Å²) in [5.74, 6) is -0.144. The lowest BCUT2D eigenvalue weighted by Gasteiger charge is -2.32. The number of nitrogens with zero attached hydrogens (tertiary/aromatic N) is 2. The minimum absolute atomic E-state index is 0.144. The maximum atomic E-state index is 12.1. The Morgan fingerprint density at radius 2 is 2.37 bits per heavy atom. The SMILES string of the molecule is CCN1CCCC(NC(=O)c2cnc(Cl)c(Cl)c2)C1. The number of amides is 1. The van der Waals surface area contributed by atoms with Crippen LogP contribution in [0.15, 0.2) is 12.3 Å². The van der Waals surface area contributed by atoms with Gasteiger partial charge in [-0.2, -0.15) is 0 Å². The van der Waals surface area contributed by atoms with Crippen LogP contribution < -0.4 is 5.32 Å². The van der Waals surface area contributed by atoms with Crippen LogP contribution in [0.4, 0.5) is 0 Å². The first-order valence-electron chi connectivity index (χ1n) is 6.44. The summed E-state index contributed by atoms with van der Waals surface area (Å²) < 4.78 is 0. The Hall–Kier alpha value is -0.840. The molecule has 1 unspecified atom stereocenters. The van der Waals surface area contributed by atoms with Gasteiger partial charge in [0, 0.05) is 18.8 Å². The van der Waals surface area contributed by atoms with Gasteiger partial charge in [0.1, 0.15) is 5.15 Å². The Labute approximate surface area is 123 Å². The number of pyridine rings is 1. The number of carbonyl (C=O) groups is 1. The van der Waals surface area contributed by atoms with Crippen molar-refractivity contribution < 1.29 is 4.79 Å². The van der Waals surface area contributed by atoms with Gasteiger partial charge in [0.2, 0.25) is 0 Å². The standard InChI is InChI=1S/C13H17Cl2N3O/c1-2-18-5-3-4-10(8-18)17-13(19)9-6-11(14)12(15)16-7-9/h6-7,10H,2-5,8H2,1H3,(H,17,19). The highest BCUT2D eigenvalue weighted by Crippen LogP contribution is 2.20. The van der Waals surface area contributed by atoms with Crippen molar-refractivity contribution in [1.29, 1.82) is 0 Å². The molecule has 1 aromatic rings. The van der Waals surface area contributed by atoms with Crippen LogP contribution in [0.25, 0.3) is 0 Å². The van der Waals surface area contributed by atoms with Gasteiger partial charge >= 0.3 is 0 Å². The molecule has 0 saturated carbocycles. The maximum Gasteiger partial charge on any atom is 0.253 e. The summed E-state index contributed by atoms with van der Waals surface area (Å²) in [6, 6.07) is 1.74. The first kappa shape index (κ1) is 14.6. The molecule has 1 saturated heterocycles. The highest BCUT2D eigenvalue weighted by molar-refractivity contribution is 6.41. The lowest BCUT2D eigenvalue weighted by Crippen LogP contribution is -2.47. The zero-order chi connectivity index (χ0) is 13.8. The fourth-order valence-electron chi connectivity index (χ4n) is 2.27. The van der Waals surface area contributed by atoms with E-state index in [9.17, 15) is 4.79 Å². The zero-order valence-electron chi connectivity index (χ0n) is 10.8. The molecule has 0 bridgehead atoms. The van der Waals surface area contributed by atoms with Gasteiger partial charge in [0.25, 0.3) is 5.91 Å². The quantitative estimate of drug-likeness (QED) is 0.873. The Kier molecular flexibility index (Phi) is 5.02. The second kappa shape index (κ2) is 6.55. The molecule has 19 heavy (non-hydrogen) atoms. The molecular weight excluding hydrogens is 285 g/mol. The summed E-state index contributed by atoms with van der Waals surface area (Å²) in [4.78, 5) is 18.3. The van der Waals surface area contributed by atoms with Gasteiger partial charge in [-0.15, -0.1) is 0 Å². The molecule has 0 aromatic carbocycles. The van der Waals surface area contributed by atoms with Crippen LogP contribution in [0.1, 0.15) is 30.1 Å². The third kappa shape index (κ3) is 3.81. The highest BCUT2D eigenvalue weighted by Gasteiger charge is 2.21. The number of likely N-dealkylation sites (N-methyl/N-ethyl adjacent to an activating group) is 1. The van der Waals surface area contributed by atoms with Gasteiger partial charge in [-0.1, -0.05) is 30.1 Å². The number of likely N-dealkylation sites (tertiary alicyclic amines) is 1. The summed E-state index contributed by atoms with van der Waals surface area (Å²) in [6.07, 6.45) is 3.57. The van der Waals surface area contributed by atoms with Crippen LogP contribution in [-0.4, -0.2) is 41.5 Å². The van der Waals surface area contributed by atoms with E-state index in [2.05, 4.69) is 22.1 Å². The molecule has 6 heteroatoms. The van der Waals surface area contributed by atoms with E-state index in [-0.39, 0.29) is 17.1 Å². The molecule has 0 aliphatic carbocycles. The normalized spacial score (nSPS) is 20.3. The molecule has 1 aromatic heterocycles. The van der Waals surface area contributed by atoms with Crippen LogP contribution >= 0.6 is 23.2 Å². The van der Waals surface area contributed by atoms with Crippen molar-refractivity contribution in [1.82, 2.24) is 15.2 Å². The second-order valence-electron chi connectivity index (χ2n) is 4.70. The fraction of sp³-hybridized carbons (Fsp3) is 0.538. The van der Waals surface area contributed by atoms with Crippen molar-refractivity contribution in [3.05, 3.63) is 28.0 Å². The molecule has 1 aliphatic heterocycles. The average molecular weight is 302 g/mol. The van der Waals surface area contributed by atoms with E-state index in [0.717, 1.165) is 32.5 Å². The average Bonchev–Trinajstić information content (AvgIpc) is 2.42. The largest absolute Gasteiger partial charge is 0.348 e. The van der Waals surface area contributed by atoms with Crippen molar-refractivity contribution in [3.63, 3.8) is 0 Å². The van der Waals surface area contributed by atoms with Crippen LogP contribution in [0.3, 0.4) is 0 Å². The monoisotopic (exact) mass is 301 g/mol. The molecular formula is C13H17Cl2N3O. The number of hydrogen-bond donors (Lipinski definition) is 1. The highest BCUT2D eigenvalue weighted by atomic mass is 35.5. The lowest BCUT2D eigenvalue weighted by atomic mass is 10.1. The minimum atomic E-state index is -0.144. The summed E-state index contributed by atoms with van der Waals surface area (Å²) in [6.45, 7) is 5.15. The molecule has 2 heterocycles. The lowest BCUT2D eigenvalue weighted by molar-refractivity contribution is 0.0905. The van der Waals surface area contributed by atoms with Crippen molar-refractivity contribution in [2.45, 2.75) is 25.8 Å². The summed E-state index contributed by atoms with van der Waals surface area (Å²) in [5.41, 5.74) is 0.447. The fourth-order valence-corrected chi connectivity index (χ4v) is 2.54. The molecule has 1 N–H and O–H groups in total. The smallest absolute Gasteiger partial charge is 0.253 e. The Morgan fingerprint density at radius 1 is 1.58 bits per heavy atom. The summed E-state index contributed by atoms with van der Waals surface area (Å²) in [7, 11) is 0. The van der Waals surface area contributed by atoms with Crippen molar-refractivity contribution in [2.24, 2.45) is 0 Å². The molecule has 104 valence electrons. The van der Waals surface area contributed by atoms with Crippen LogP contribution in [0, 0.1) is 0 Å². The van der Waals surface area contributed by atoms with Crippen LogP contribution in [-0.2, 0) is 0 Å². The molecule has 0 spiro atoms. The summed E-state index contributed by atoms with van der Waals surface area (Å²) in [5, 5.41) is 3.54. The number of halogens is 2. The minimum Gasteiger partial charge on any atom is -0.348 e. The van der Waals surface area contributed by atoms with Crippen molar-refractivity contribution >= 4 is 29.1 Å². The van der Waals surface area contributed by atoms with Gasteiger partial charge in [-0.25, -0.2) is 4.98 Å². The van der Waals surface area contributed by atoms with Gasteiger partial charge in [0.05, 0.1) is 10.6 Å². The Balaban J connectivity index is 1.98. The second-order valence-corrected chi connectivity index (χ2v) is 5.47. The topological polar surface area (TPSA) is 45.2 Å². The van der Waals surface area contributed by atoms with Crippen LogP contribution in [0.2, 0.25) is 10.2 Å². The number of carbonyl (C=O) groups excluding carboxylic acids is 1. The molecule has 1 fully saturated rings. The summed E-state index contributed by atoms with van der Waals surface area (Å²) >= 11 is 11.6. The van der Waals surface area contributed by atoms with Crippen molar-refractivity contribution in [2.75, 3.05) is 19.6 Å². The number of piperidine rings is 1. The van der Waals surface area contributed by atoms with E-state index in [4.69, 9.17) is 23.2 Å². The molecule has 0 radical (unpaired) electrons. The number of hydrogen-bond acceptors (Lipinski definition) is 3. The predicted octanol–water partition coefficient (Wildman–Crippen LogP) is 2.60. The third-order valence-electron chi connectivity index (χ3n) is 3.35. The van der Waals surface area contributed by atoms with Gasteiger partial charge < -0.3 is 10.2 Å². The van der Waals surface area contributed by atoms with Crippen LogP contribution in [0.5, 0.6) is 0 Å². The molecule has 4 nitrogen and oxygen atoms in total. The molecule has 2 rings (SSSR count). The van der Waals surface area contributed by atoms with Gasteiger partial charge in [-0.3, -0.25) is 4.79 Å². The van der Waals surface area contributed by atoms with E-state index < -0.39 is 0 Å². The number of aromatic nitrogens is 1. The van der Waals surface area contributed by atoms with E-state index in [1.54, 1.807) is 6.07 Å². The van der Waals surface area contributed by atoms with Gasteiger partial charge in [0.15, 0.2) is 0 Å². The zero-order valence-corrected chi connectivity index (χ0v) is 12.3. The van der Waals surface area contributed by atoms with E-state index in [1.165, 1.54) is 6.20 Å². The Bertz CT molecular complexity index is 467. The molecule has 1 atom stereocenters. The molecule has 1 aliphatic rings. The predicted molar refractivity (Wildman–Crippen MR) is 76.9 cm³/mol. The van der Waals surface area contributed by atoms with Crippen molar-refractivity contribution in [3.8, 4) is 0 Å². The van der Waals surface area contributed by atoms with E-state index in [1.807, 2.05) is 0 Å². The van der Waals surface area contributed by atoms with E-state index >= 15 is 0 Å². The third-order valence-corrected chi connectivity index (χ3v) is 4.03. The van der Waals surface area contributed by atoms with Gasteiger partial charge in [-0.05, 0) is 32.0 Å². The van der Waals surface area contributed by atoms with E-state index in [0.29, 0.717) is 10.6 Å². The number of nitrogens with one attached hydrogen (secondary N) is 1. The number of rotatable bonds is 3. The Morgan fingerprint density at radius 3 is 3.05 bits per heavy atom. The first-order valence-corrected chi connectivity index (χ1v) is 7.20. The molecule has 1 amide bonds.